The summed E-state index contributed by atoms with van der Waals surface area (Å²) in [5.74, 6) is 0. The number of hydrogen-bond acceptors (Lipinski definition) is 0. The zero-order valence-electron chi connectivity index (χ0n) is 4.73. The van der Waals surface area contributed by atoms with Gasteiger partial charge in [-0.2, -0.15) is 0 Å². The molecule has 0 nitrogen and oxygen atoms in total. The Kier molecular flexibility index (Phi) is 3.61. The molecular formula is C5H10Se2. The Labute approximate surface area is 62.1 Å². The van der Waals surface area contributed by atoms with Crippen LogP contribution in [-0.4, -0.2) is 32.0 Å². The minimum atomic E-state index is 0.472. The van der Waals surface area contributed by atoms with Gasteiger partial charge in [0.05, 0.1) is 0 Å². The Hall–Kier alpha value is 1.04. The van der Waals surface area contributed by atoms with Gasteiger partial charge in [0, 0.05) is 0 Å². The van der Waals surface area contributed by atoms with Gasteiger partial charge in [0.15, 0.2) is 0 Å². The fourth-order valence-corrected chi connectivity index (χ4v) is 1.12. The Morgan fingerprint density at radius 1 is 1.14 bits per heavy atom. The first-order valence-electron chi connectivity index (χ1n) is 2.28. The van der Waals surface area contributed by atoms with Crippen LogP contribution in [0.4, 0.5) is 0 Å². The standard InChI is InChI=1S/C5H10Se2/c1-5(2,3-6)4-7/h3-4H2,1-2H3. The molecule has 0 N–H and O–H groups in total. The van der Waals surface area contributed by atoms with E-state index in [2.05, 4.69) is 45.9 Å². The van der Waals surface area contributed by atoms with Crippen LogP contribution in [0.1, 0.15) is 13.8 Å². The van der Waals surface area contributed by atoms with Crippen LogP contribution in [-0.2, 0) is 0 Å². The topological polar surface area (TPSA) is 0 Å². The molecule has 0 spiro atoms. The van der Waals surface area contributed by atoms with E-state index in [1.807, 2.05) is 0 Å². The van der Waals surface area contributed by atoms with Crippen molar-refractivity contribution in [3.05, 3.63) is 0 Å². The van der Waals surface area contributed by atoms with Gasteiger partial charge in [-0.25, -0.2) is 0 Å². The molecule has 2 radical (unpaired) electrons. The van der Waals surface area contributed by atoms with Crippen LogP contribution in [0.3, 0.4) is 0 Å². The van der Waals surface area contributed by atoms with E-state index in [0.29, 0.717) is 5.41 Å². The van der Waals surface area contributed by atoms with E-state index in [9.17, 15) is 0 Å². The van der Waals surface area contributed by atoms with Gasteiger partial charge < -0.3 is 0 Å². The van der Waals surface area contributed by atoms with E-state index in [0.717, 1.165) is 10.6 Å². The molecule has 0 aliphatic carbocycles. The molecule has 0 aromatic heterocycles. The molecule has 0 heterocycles. The molecule has 0 rings (SSSR count). The van der Waals surface area contributed by atoms with Crippen molar-refractivity contribution in [3.63, 3.8) is 0 Å². The molecule has 0 fully saturated rings. The van der Waals surface area contributed by atoms with Crippen molar-refractivity contribution in [3.8, 4) is 0 Å². The third-order valence-corrected chi connectivity index (χ3v) is 4.06. The van der Waals surface area contributed by atoms with E-state index >= 15 is 0 Å². The van der Waals surface area contributed by atoms with Crippen LogP contribution in [0, 0.1) is 5.41 Å². The summed E-state index contributed by atoms with van der Waals surface area (Å²) in [6.45, 7) is 4.47. The van der Waals surface area contributed by atoms with Crippen molar-refractivity contribution >= 4 is 32.0 Å². The molecule has 0 aromatic rings. The summed E-state index contributed by atoms with van der Waals surface area (Å²) >= 11 is 6.03. The minimum absolute atomic E-state index is 0.472. The van der Waals surface area contributed by atoms with Gasteiger partial charge in [-0.1, -0.05) is 0 Å². The molecule has 0 amide bonds. The van der Waals surface area contributed by atoms with Crippen molar-refractivity contribution in [1.82, 2.24) is 0 Å². The molecule has 0 bridgehead atoms. The maximum absolute atomic E-state index is 3.01. The maximum atomic E-state index is 3.01. The average Bonchev–Trinajstić information content (AvgIpc) is 1.68. The van der Waals surface area contributed by atoms with E-state index < -0.39 is 0 Å². The van der Waals surface area contributed by atoms with Gasteiger partial charge in [-0.3, -0.25) is 0 Å². The van der Waals surface area contributed by atoms with Gasteiger partial charge in [0.2, 0.25) is 0 Å². The normalized spacial score (nSPS) is 12.0. The molecule has 2 heteroatoms. The van der Waals surface area contributed by atoms with Crippen molar-refractivity contribution in [2.75, 3.05) is 0 Å². The summed E-state index contributed by atoms with van der Waals surface area (Å²) in [5, 5.41) is 2.28. The Morgan fingerprint density at radius 3 is 1.43 bits per heavy atom. The van der Waals surface area contributed by atoms with Crippen molar-refractivity contribution < 1.29 is 0 Å². The fourth-order valence-electron chi connectivity index (χ4n) is 0.0417. The summed E-state index contributed by atoms with van der Waals surface area (Å²) in [6.07, 6.45) is 0. The first-order chi connectivity index (χ1) is 3.12. The zero-order valence-corrected chi connectivity index (χ0v) is 8.16. The van der Waals surface area contributed by atoms with Crippen molar-refractivity contribution in [2.45, 2.75) is 24.5 Å². The van der Waals surface area contributed by atoms with Gasteiger partial charge in [-0.15, -0.1) is 0 Å². The second kappa shape index (κ2) is 3.14. The predicted molar refractivity (Wildman–Crippen MR) is 34.9 cm³/mol. The molecule has 0 aliphatic rings. The van der Waals surface area contributed by atoms with Gasteiger partial charge >= 0.3 is 61.9 Å². The van der Waals surface area contributed by atoms with E-state index in [4.69, 9.17) is 0 Å². The van der Waals surface area contributed by atoms with Crippen LogP contribution in [0.25, 0.3) is 0 Å². The summed E-state index contributed by atoms with van der Waals surface area (Å²) < 4.78 is 0. The quantitative estimate of drug-likeness (QED) is 0.622. The van der Waals surface area contributed by atoms with E-state index in [1.54, 1.807) is 0 Å². The summed E-state index contributed by atoms with van der Waals surface area (Å²) in [5.41, 5.74) is 0.472. The van der Waals surface area contributed by atoms with E-state index in [1.165, 1.54) is 0 Å². The van der Waals surface area contributed by atoms with Crippen LogP contribution in [0.2, 0.25) is 10.6 Å². The molecule has 7 heavy (non-hydrogen) atoms. The summed E-state index contributed by atoms with van der Waals surface area (Å²) in [4.78, 5) is 0. The molecular weight excluding hydrogens is 218 g/mol. The molecule has 0 unspecified atom stereocenters. The molecule has 0 aromatic carbocycles. The summed E-state index contributed by atoms with van der Waals surface area (Å²) in [7, 11) is 0. The van der Waals surface area contributed by atoms with Crippen LogP contribution >= 0.6 is 0 Å². The van der Waals surface area contributed by atoms with Crippen LogP contribution in [0.15, 0.2) is 0 Å². The predicted octanol–water partition coefficient (Wildman–Crippen LogP) is 1.19. The fraction of sp³-hybridized carbons (Fsp3) is 1.00. The molecule has 0 saturated carbocycles. The van der Waals surface area contributed by atoms with Crippen LogP contribution in [0.5, 0.6) is 0 Å². The van der Waals surface area contributed by atoms with Crippen LogP contribution < -0.4 is 0 Å². The molecule has 0 saturated heterocycles. The molecule has 42 valence electrons. The van der Waals surface area contributed by atoms with Crippen molar-refractivity contribution in [2.24, 2.45) is 5.41 Å². The van der Waals surface area contributed by atoms with Gasteiger partial charge in [0.25, 0.3) is 0 Å². The van der Waals surface area contributed by atoms with E-state index in [-0.39, 0.29) is 0 Å². The first-order valence-corrected chi connectivity index (χ1v) is 4.71. The third kappa shape index (κ3) is 3.61. The Balaban J connectivity index is 3.36. The number of rotatable bonds is 2. The average molecular weight is 228 g/mol. The molecule has 0 atom stereocenters. The zero-order chi connectivity index (χ0) is 5.91. The Morgan fingerprint density at radius 2 is 1.43 bits per heavy atom. The van der Waals surface area contributed by atoms with Gasteiger partial charge in [0.1, 0.15) is 0 Å². The third-order valence-electron chi connectivity index (χ3n) is 0.781. The summed E-state index contributed by atoms with van der Waals surface area (Å²) in [6, 6.07) is 0. The monoisotopic (exact) mass is 230 g/mol. The second-order valence-corrected chi connectivity index (χ2v) is 3.66. The van der Waals surface area contributed by atoms with Crippen molar-refractivity contribution in [1.29, 1.82) is 0 Å². The van der Waals surface area contributed by atoms with Gasteiger partial charge in [-0.05, 0) is 0 Å². The number of hydrogen-bond donors (Lipinski definition) is 0. The molecule has 0 aliphatic heterocycles. The SMILES string of the molecule is CC(C)(C[Se])C[Se]. The second-order valence-electron chi connectivity index (χ2n) is 2.45. The Bertz CT molecular complexity index is 44.0. The first kappa shape index (κ1) is 8.04.